The molecule has 8 nitrogen and oxygen atoms in total. The second-order valence-electron chi connectivity index (χ2n) is 8.49. The van der Waals surface area contributed by atoms with Gasteiger partial charge in [0.1, 0.15) is 0 Å². The van der Waals surface area contributed by atoms with Gasteiger partial charge in [0, 0.05) is 38.3 Å². The maximum atomic E-state index is 13.0. The lowest BCUT2D eigenvalue weighted by atomic mass is 9.96. The maximum absolute atomic E-state index is 13.0. The van der Waals surface area contributed by atoms with Gasteiger partial charge in [0.2, 0.25) is 15.9 Å². The molecule has 2 heterocycles. The van der Waals surface area contributed by atoms with Crippen LogP contribution in [-0.2, 0) is 19.6 Å². The van der Waals surface area contributed by atoms with Crippen LogP contribution in [0, 0.1) is 5.92 Å². The third-order valence-corrected chi connectivity index (χ3v) is 7.60. The highest BCUT2D eigenvalue weighted by Crippen LogP contribution is 2.23. The van der Waals surface area contributed by atoms with Crippen molar-refractivity contribution in [2.45, 2.75) is 57.1 Å². The molecule has 0 saturated carbocycles. The molecule has 2 fully saturated rings. The number of piperidine rings is 1. The van der Waals surface area contributed by atoms with E-state index in [4.69, 9.17) is 4.74 Å². The molecule has 31 heavy (non-hydrogen) atoms. The van der Waals surface area contributed by atoms with Gasteiger partial charge < -0.3 is 15.0 Å². The molecule has 1 aromatic rings. The van der Waals surface area contributed by atoms with Gasteiger partial charge in [0.05, 0.1) is 23.0 Å². The zero-order valence-electron chi connectivity index (χ0n) is 18.5. The second kappa shape index (κ2) is 10.1. The third-order valence-electron chi connectivity index (χ3n) is 5.75. The number of nitrogens with one attached hydrogen (secondary N) is 1. The molecule has 1 aromatic carbocycles. The smallest absolute Gasteiger partial charge is 0.253 e. The van der Waals surface area contributed by atoms with Crippen LogP contribution in [0.15, 0.2) is 29.2 Å². The first-order chi connectivity index (χ1) is 14.7. The number of hydrogen-bond acceptors (Lipinski definition) is 5. The van der Waals surface area contributed by atoms with Crippen molar-refractivity contribution in [3.63, 3.8) is 0 Å². The summed E-state index contributed by atoms with van der Waals surface area (Å²) in [4.78, 5) is 27.1. The monoisotopic (exact) mass is 451 g/mol. The second-order valence-corrected chi connectivity index (χ2v) is 10.4. The highest BCUT2D eigenvalue weighted by atomic mass is 32.2. The van der Waals surface area contributed by atoms with Gasteiger partial charge in [-0.1, -0.05) is 6.92 Å². The molecule has 2 aliphatic heterocycles. The lowest BCUT2D eigenvalue weighted by molar-refractivity contribution is -0.126. The largest absolute Gasteiger partial charge is 0.373 e. The van der Waals surface area contributed by atoms with Gasteiger partial charge in [0.15, 0.2) is 0 Å². The number of benzene rings is 1. The Morgan fingerprint density at radius 3 is 2.35 bits per heavy atom. The summed E-state index contributed by atoms with van der Waals surface area (Å²) in [5.74, 6) is -0.380. The molecular weight excluding hydrogens is 418 g/mol. The number of likely N-dealkylation sites (tertiary alicyclic amines) is 1. The van der Waals surface area contributed by atoms with Crippen LogP contribution in [0.1, 0.15) is 50.4 Å². The first kappa shape index (κ1) is 23.7. The van der Waals surface area contributed by atoms with E-state index in [1.54, 1.807) is 17.0 Å². The molecule has 9 heteroatoms. The van der Waals surface area contributed by atoms with Gasteiger partial charge in [-0.25, -0.2) is 8.42 Å². The van der Waals surface area contributed by atoms with Crippen LogP contribution in [-0.4, -0.2) is 74.4 Å². The molecular formula is C22H33N3O5S. The molecule has 2 saturated heterocycles. The summed E-state index contributed by atoms with van der Waals surface area (Å²) < 4.78 is 33.1. The molecule has 172 valence electrons. The highest BCUT2D eigenvalue weighted by Gasteiger charge is 2.33. The predicted octanol–water partition coefficient (Wildman–Crippen LogP) is 1.86. The van der Waals surface area contributed by atoms with Gasteiger partial charge in [-0.3, -0.25) is 9.59 Å². The van der Waals surface area contributed by atoms with E-state index in [0.29, 0.717) is 38.3 Å². The minimum Gasteiger partial charge on any atom is -0.373 e. The van der Waals surface area contributed by atoms with Crippen molar-refractivity contribution in [1.29, 1.82) is 0 Å². The molecule has 0 aromatic heterocycles. The molecule has 3 atom stereocenters. The normalized spacial score (nSPS) is 25.3. The quantitative estimate of drug-likeness (QED) is 0.712. The van der Waals surface area contributed by atoms with E-state index in [1.165, 1.54) is 16.4 Å². The van der Waals surface area contributed by atoms with E-state index in [0.717, 1.165) is 19.3 Å². The number of rotatable bonds is 6. The summed E-state index contributed by atoms with van der Waals surface area (Å²) in [5.41, 5.74) is 0.428. The van der Waals surface area contributed by atoms with Crippen LogP contribution in [0.4, 0.5) is 0 Å². The van der Waals surface area contributed by atoms with E-state index < -0.39 is 10.0 Å². The summed E-state index contributed by atoms with van der Waals surface area (Å²) in [7, 11) is -3.65. The molecule has 2 amide bonds. The van der Waals surface area contributed by atoms with Crippen molar-refractivity contribution in [1.82, 2.24) is 14.5 Å². The molecule has 2 aliphatic rings. The number of carbonyl (C=O) groups is 2. The van der Waals surface area contributed by atoms with Crippen LogP contribution in [0.5, 0.6) is 0 Å². The number of sulfonamides is 1. The summed E-state index contributed by atoms with van der Waals surface area (Å²) in [6.45, 7) is 7.95. The molecule has 3 rings (SSSR count). The lowest BCUT2D eigenvalue weighted by Crippen LogP contribution is -2.48. The van der Waals surface area contributed by atoms with Gasteiger partial charge in [-0.05, 0) is 57.4 Å². The first-order valence-corrected chi connectivity index (χ1v) is 12.5. The minimum absolute atomic E-state index is 0.00485. The fraction of sp³-hybridized carbons (Fsp3) is 0.636. The standard InChI is InChI=1S/C22H33N3O5S/c1-4-11-23-21(26)19-6-5-12-24(15-19)22(27)18-7-9-20(10-8-18)31(28,29)25-13-16(2)30-17(3)14-25/h7-10,16-17,19H,4-6,11-15H2,1-3H3,(H,23,26). The van der Waals surface area contributed by atoms with E-state index in [-0.39, 0.29) is 34.8 Å². The Bertz CT molecular complexity index is 877. The summed E-state index contributed by atoms with van der Waals surface area (Å²) in [6.07, 6.45) is 2.09. The molecule has 0 radical (unpaired) electrons. The van der Waals surface area contributed by atoms with E-state index in [2.05, 4.69) is 5.32 Å². The molecule has 0 aliphatic carbocycles. The minimum atomic E-state index is -3.65. The van der Waals surface area contributed by atoms with E-state index >= 15 is 0 Å². The van der Waals surface area contributed by atoms with E-state index in [9.17, 15) is 18.0 Å². The molecule has 3 unspecified atom stereocenters. The van der Waals surface area contributed by atoms with Crippen molar-refractivity contribution in [3.8, 4) is 0 Å². The van der Waals surface area contributed by atoms with Crippen molar-refractivity contribution >= 4 is 21.8 Å². The Balaban J connectivity index is 1.68. The molecule has 0 bridgehead atoms. The number of morpholine rings is 1. The number of carbonyl (C=O) groups excluding carboxylic acids is 2. The number of ether oxygens (including phenoxy) is 1. The fourth-order valence-electron chi connectivity index (χ4n) is 4.20. The summed E-state index contributed by atoms with van der Waals surface area (Å²) in [6, 6.07) is 6.10. The topological polar surface area (TPSA) is 96.0 Å². The van der Waals surface area contributed by atoms with E-state index in [1.807, 2.05) is 20.8 Å². The van der Waals surface area contributed by atoms with Crippen LogP contribution in [0.3, 0.4) is 0 Å². The Hall–Kier alpha value is -1.97. The zero-order chi connectivity index (χ0) is 22.6. The first-order valence-electron chi connectivity index (χ1n) is 11.0. The average molecular weight is 452 g/mol. The lowest BCUT2D eigenvalue weighted by Gasteiger charge is -2.34. The molecule has 0 spiro atoms. The number of nitrogens with zero attached hydrogens (tertiary/aromatic N) is 2. The summed E-state index contributed by atoms with van der Waals surface area (Å²) in [5, 5.41) is 2.91. The van der Waals surface area contributed by atoms with Gasteiger partial charge >= 0.3 is 0 Å². The fourth-order valence-corrected chi connectivity index (χ4v) is 5.79. The molecule has 1 N–H and O–H groups in total. The van der Waals surface area contributed by atoms with Gasteiger partial charge in [0.25, 0.3) is 5.91 Å². The third kappa shape index (κ3) is 5.64. The number of hydrogen-bond donors (Lipinski definition) is 1. The van der Waals surface area contributed by atoms with Gasteiger partial charge in [-0.15, -0.1) is 0 Å². The Morgan fingerprint density at radius 1 is 1.10 bits per heavy atom. The Morgan fingerprint density at radius 2 is 1.74 bits per heavy atom. The highest BCUT2D eigenvalue weighted by molar-refractivity contribution is 7.89. The maximum Gasteiger partial charge on any atom is 0.253 e. The predicted molar refractivity (Wildman–Crippen MR) is 117 cm³/mol. The zero-order valence-corrected chi connectivity index (χ0v) is 19.4. The van der Waals surface area contributed by atoms with Crippen LogP contribution in [0.2, 0.25) is 0 Å². The average Bonchev–Trinajstić information content (AvgIpc) is 2.76. The van der Waals surface area contributed by atoms with Crippen molar-refractivity contribution in [2.75, 3.05) is 32.7 Å². The van der Waals surface area contributed by atoms with Crippen molar-refractivity contribution < 1.29 is 22.7 Å². The van der Waals surface area contributed by atoms with Crippen molar-refractivity contribution in [2.24, 2.45) is 5.92 Å². The van der Waals surface area contributed by atoms with Crippen LogP contribution in [0.25, 0.3) is 0 Å². The Labute approximate surface area is 185 Å². The van der Waals surface area contributed by atoms with Crippen LogP contribution < -0.4 is 5.32 Å². The van der Waals surface area contributed by atoms with Crippen molar-refractivity contribution in [3.05, 3.63) is 29.8 Å². The Kier molecular flexibility index (Phi) is 7.72. The number of amides is 2. The van der Waals surface area contributed by atoms with Gasteiger partial charge in [-0.2, -0.15) is 4.31 Å². The SMILES string of the molecule is CCCNC(=O)C1CCCN(C(=O)c2ccc(S(=O)(=O)N3CC(C)OC(C)C3)cc2)C1. The summed E-state index contributed by atoms with van der Waals surface area (Å²) >= 11 is 0. The van der Waals surface area contributed by atoms with Crippen LogP contribution >= 0.6 is 0 Å².